The third-order valence-electron chi connectivity index (χ3n) is 5.52. The van der Waals surface area contributed by atoms with Crippen molar-refractivity contribution < 1.29 is 12.8 Å². The van der Waals surface area contributed by atoms with Gasteiger partial charge in [0, 0.05) is 37.8 Å². The van der Waals surface area contributed by atoms with Gasteiger partial charge in [-0.3, -0.25) is 4.98 Å². The van der Waals surface area contributed by atoms with Gasteiger partial charge in [0.1, 0.15) is 10.7 Å². The van der Waals surface area contributed by atoms with Crippen molar-refractivity contribution in [2.45, 2.75) is 23.1 Å². The van der Waals surface area contributed by atoms with Crippen LogP contribution in [0.3, 0.4) is 0 Å². The lowest BCUT2D eigenvalue weighted by Crippen LogP contribution is -2.45. The van der Waals surface area contributed by atoms with Crippen LogP contribution in [0.2, 0.25) is 0 Å². The van der Waals surface area contributed by atoms with E-state index in [0.717, 1.165) is 25.1 Å². The van der Waals surface area contributed by atoms with E-state index in [9.17, 15) is 12.8 Å². The number of nitrogens with zero attached hydrogens (tertiary/aromatic N) is 3. The van der Waals surface area contributed by atoms with Gasteiger partial charge in [0.25, 0.3) is 0 Å². The normalized spacial score (nSPS) is 15.8. The van der Waals surface area contributed by atoms with Crippen molar-refractivity contribution >= 4 is 26.4 Å². The third-order valence-corrected chi connectivity index (χ3v) is 7.29. The highest BCUT2D eigenvalue weighted by Crippen LogP contribution is 2.36. The summed E-state index contributed by atoms with van der Waals surface area (Å²) in [4.78, 5) is 8.92. The van der Waals surface area contributed by atoms with Crippen LogP contribution in [-0.2, 0) is 16.3 Å². The molecule has 0 bridgehead atoms. The fraction of sp³-hybridized carbons (Fsp3) is 0.318. The van der Waals surface area contributed by atoms with Crippen LogP contribution in [0.1, 0.15) is 12.5 Å². The molecule has 5 nitrogen and oxygen atoms in total. The number of halogens is 1. The Morgan fingerprint density at radius 3 is 2.38 bits per heavy atom. The first-order valence-corrected chi connectivity index (χ1v) is 11.2. The standard InChI is InChI=1S/C22H24FN3O2S/c1-3-16-4-7-18(8-5-16)29(27,28)21-15-24-20-9-6-17(23)14-19(20)22(21)26-12-10-25(2)11-13-26/h4-9,14-15H,3,10-13H2,1-2H3. The monoisotopic (exact) mass is 413 g/mol. The first-order valence-electron chi connectivity index (χ1n) is 9.76. The van der Waals surface area contributed by atoms with Gasteiger partial charge in [-0.25, -0.2) is 12.8 Å². The van der Waals surface area contributed by atoms with Gasteiger partial charge in [0.05, 0.1) is 16.1 Å². The minimum absolute atomic E-state index is 0.129. The fourth-order valence-electron chi connectivity index (χ4n) is 3.72. The predicted molar refractivity (Wildman–Crippen MR) is 113 cm³/mol. The zero-order valence-corrected chi connectivity index (χ0v) is 17.4. The number of likely N-dealkylation sites (N-methyl/N-ethyl adjacent to an activating group) is 1. The predicted octanol–water partition coefficient (Wildman–Crippen LogP) is 3.52. The molecule has 0 aliphatic carbocycles. The molecule has 0 N–H and O–H groups in total. The molecule has 0 spiro atoms. The number of benzene rings is 2. The smallest absolute Gasteiger partial charge is 0.210 e. The van der Waals surface area contributed by atoms with Crippen molar-refractivity contribution in [2.75, 3.05) is 38.1 Å². The summed E-state index contributed by atoms with van der Waals surface area (Å²) in [6, 6.07) is 11.3. The molecule has 0 unspecified atom stereocenters. The van der Waals surface area contributed by atoms with Crippen LogP contribution in [0.5, 0.6) is 0 Å². The maximum Gasteiger partial charge on any atom is 0.210 e. The van der Waals surface area contributed by atoms with E-state index in [-0.39, 0.29) is 9.79 Å². The summed E-state index contributed by atoms with van der Waals surface area (Å²) in [5.41, 5.74) is 2.20. The number of aromatic nitrogens is 1. The number of pyridine rings is 1. The van der Waals surface area contributed by atoms with E-state index in [1.807, 2.05) is 31.0 Å². The highest BCUT2D eigenvalue weighted by molar-refractivity contribution is 7.91. The second-order valence-electron chi connectivity index (χ2n) is 7.42. The van der Waals surface area contributed by atoms with E-state index in [2.05, 4.69) is 9.88 Å². The van der Waals surface area contributed by atoms with Gasteiger partial charge in [-0.15, -0.1) is 0 Å². The summed E-state index contributed by atoms with van der Waals surface area (Å²) < 4.78 is 41.1. The average Bonchev–Trinajstić information content (AvgIpc) is 2.73. The van der Waals surface area contributed by atoms with Crippen LogP contribution < -0.4 is 4.90 Å². The van der Waals surface area contributed by atoms with Gasteiger partial charge in [-0.1, -0.05) is 19.1 Å². The Balaban J connectivity index is 1.92. The Bertz CT molecular complexity index is 1140. The Morgan fingerprint density at radius 1 is 1.03 bits per heavy atom. The van der Waals surface area contributed by atoms with Crippen molar-refractivity contribution in [3.8, 4) is 0 Å². The van der Waals surface area contributed by atoms with E-state index in [4.69, 9.17) is 0 Å². The lowest BCUT2D eigenvalue weighted by molar-refractivity contribution is 0.312. The number of hydrogen-bond acceptors (Lipinski definition) is 5. The summed E-state index contributed by atoms with van der Waals surface area (Å²) in [5.74, 6) is -0.406. The second-order valence-corrected chi connectivity index (χ2v) is 9.34. The minimum atomic E-state index is -3.80. The van der Waals surface area contributed by atoms with E-state index in [1.54, 1.807) is 18.2 Å². The summed E-state index contributed by atoms with van der Waals surface area (Å²) >= 11 is 0. The van der Waals surface area contributed by atoms with Crippen molar-refractivity contribution in [2.24, 2.45) is 0 Å². The maximum absolute atomic E-state index is 14.1. The lowest BCUT2D eigenvalue weighted by atomic mass is 10.1. The molecule has 0 radical (unpaired) electrons. The van der Waals surface area contributed by atoms with Crippen LogP contribution >= 0.6 is 0 Å². The molecular weight excluding hydrogens is 389 g/mol. The molecule has 1 aromatic heterocycles. The molecule has 2 heterocycles. The van der Waals surface area contributed by atoms with Crippen LogP contribution in [0.15, 0.2) is 58.5 Å². The Labute approximate surface area is 170 Å². The van der Waals surface area contributed by atoms with E-state index >= 15 is 0 Å². The SMILES string of the molecule is CCc1ccc(S(=O)(=O)c2cnc3ccc(F)cc3c2N2CCN(C)CC2)cc1. The Morgan fingerprint density at radius 2 is 1.72 bits per heavy atom. The fourth-order valence-corrected chi connectivity index (χ4v) is 5.15. The summed E-state index contributed by atoms with van der Waals surface area (Å²) in [7, 11) is -1.77. The molecular formula is C22H24FN3O2S. The van der Waals surface area contributed by atoms with Crippen LogP contribution in [0.4, 0.5) is 10.1 Å². The molecule has 2 aromatic carbocycles. The number of aryl methyl sites for hydroxylation is 1. The summed E-state index contributed by atoms with van der Waals surface area (Å²) in [5, 5.41) is 0.529. The number of fused-ring (bicyclic) bond motifs is 1. The van der Waals surface area contributed by atoms with Gasteiger partial charge >= 0.3 is 0 Å². The first-order chi connectivity index (χ1) is 13.9. The molecule has 1 aliphatic heterocycles. The van der Waals surface area contributed by atoms with Gasteiger partial charge in [0.15, 0.2) is 0 Å². The van der Waals surface area contributed by atoms with Crippen molar-refractivity contribution in [3.05, 3.63) is 60.0 Å². The first kappa shape index (κ1) is 19.8. The van der Waals surface area contributed by atoms with Gasteiger partial charge < -0.3 is 9.80 Å². The molecule has 1 saturated heterocycles. The topological polar surface area (TPSA) is 53.5 Å². The Kier molecular flexibility index (Phi) is 5.27. The van der Waals surface area contributed by atoms with Crippen LogP contribution in [0, 0.1) is 5.82 Å². The molecule has 0 atom stereocenters. The number of anilines is 1. The quantitative estimate of drug-likeness (QED) is 0.655. The number of rotatable bonds is 4. The second kappa shape index (κ2) is 7.72. The van der Waals surface area contributed by atoms with Crippen molar-refractivity contribution in [1.82, 2.24) is 9.88 Å². The van der Waals surface area contributed by atoms with E-state index in [1.165, 1.54) is 18.3 Å². The molecule has 7 heteroatoms. The lowest BCUT2D eigenvalue weighted by Gasteiger charge is -2.35. The number of hydrogen-bond donors (Lipinski definition) is 0. The van der Waals surface area contributed by atoms with Crippen molar-refractivity contribution in [1.29, 1.82) is 0 Å². The van der Waals surface area contributed by atoms with Gasteiger partial charge in [0.2, 0.25) is 9.84 Å². The molecule has 0 amide bonds. The van der Waals surface area contributed by atoms with Gasteiger partial charge in [-0.2, -0.15) is 0 Å². The average molecular weight is 414 g/mol. The number of sulfone groups is 1. The zero-order valence-electron chi connectivity index (χ0n) is 16.6. The van der Waals surface area contributed by atoms with E-state index in [0.29, 0.717) is 29.7 Å². The molecule has 4 rings (SSSR count). The third kappa shape index (κ3) is 3.72. The molecule has 1 aliphatic rings. The van der Waals surface area contributed by atoms with E-state index < -0.39 is 15.7 Å². The van der Waals surface area contributed by atoms with Crippen LogP contribution in [0.25, 0.3) is 10.9 Å². The Hall–Kier alpha value is -2.51. The largest absolute Gasteiger partial charge is 0.367 e. The molecule has 152 valence electrons. The molecule has 3 aromatic rings. The minimum Gasteiger partial charge on any atom is -0.367 e. The summed E-state index contributed by atoms with van der Waals surface area (Å²) in [6.45, 7) is 4.98. The zero-order chi connectivity index (χ0) is 20.6. The molecule has 0 saturated carbocycles. The highest BCUT2D eigenvalue weighted by Gasteiger charge is 2.28. The molecule has 1 fully saturated rings. The van der Waals surface area contributed by atoms with Crippen LogP contribution in [-0.4, -0.2) is 51.5 Å². The highest BCUT2D eigenvalue weighted by atomic mass is 32.2. The van der Waals surface area contributed by atoms with Crippen molar-refractivity contribution in [3.63, 3.8) is 0 Å². The van der Waals surface area contributed by atoms with Gasteiger partial charge in [-0.05, 0) is 49.4 Å². The molecule has 29 heavy (non-hydrogen) atoms. The summed E-state index contributed by atoms with van der Waals surface area (Å²) in [6.07, 6.45) is 2.25. The number of piperazine rings is 1. The maximum atomic E-state index is 14.1.